The van der Waals surface area contributed by atoms with Crippen molar-refractivity contribution in [1.82, 2.24) is 24.6 Å². The number of aromatic nitrogens is 5. The molecule has 5 rings (SSSR count). The Bertz CT molecular complexity index is 1370. The second-order valence-electron chi connectivity index (χ2n) is 7.10. The lowest BCUT2D eigenvalue weighted by Crippen LogP contribution is -2.19. The summed E-state index contributed by atoms with van der Waals surface area (Å²) in [4.78, 5) is 26.0. The number of nitrogens with zero attached hydrogens (tertiary/aromatic N) is 5. The van der Waals surface area contributed by atoms with Crippen molar-refractivity contribution in [3.8, 4) is 11.3 Å². The molecule has 5 aromatic rings. The van der Waals surface area contributed by atoms with Gasteiger partial charge in [-0.05, 0) is 23.8 Å². The van der Waals surface area contributed by atoms with Gasteiger partial charge in [-0.25, -0.2) is 14.5 Å². The number of aromatic amines is 1. The Morgan fingerprint density at radius 3 is 2.80 bits per heavy atom. The van der Waals surface area contributed by atoms with Crippen molar-refractivity contribution in [2.24, 2.45) is 5.73 Å². The SMILES string of the molecule is CN(Cc1ccccc1)c1cc(-c2c[nH]c3ncccc23)nn2c(C(N)=O)cnc12. The summed E-state index contributed by atoms with van der Waals surface area (Å²) in [6.45, 7) is 0.675. The second-order valence-corrected chi connectivity index (χ2v) is 7.10. The summed E-state index contributed by atoms with van der Waals surface area (Å²) in [5, 5.41) is 5.62. The third-order valence-electron chi connectivity index (χ3n) is 5.10. The Morgan fingerprint density at radius 1 is 1.17 bits per heavy atom. The summed E-state index contributed by atoms with van der Waals surface area (Å²) >= 11 is 0. The molecule has 4 aromatic heterocycles. The number of amides is 1. The number of hydrogen-bond acceptors (Lipinski definition) is 5. The fourth-order valence-electron chi connectivity index (χ4n) is 3.64. The van der Waals surface area contributed by atoms with Gasteiger partial charge in [0.25, 0.3) is 5.91 Å². The molecule has 0 radical (unpaired) electrons. The smallest absolute Gasteiger partial charge is 0.269 e. The number of primary amides is 1. The van der Waals surface area contributed by atoms with Gasteiger partial charge in [-0.15, -0.1) is 0 Å². The lowest BCUT2D eigenvalue weighted by atomic mass is 10.1. The van der Waals surface area contributed by atoms with Crippen LogP contribution in [-0.4, -0.2) is 37.5 Å². The van der Waals surface area contributed by atoms with Gasteiger partial charge in [0.15, 0.2) is 5.65 Å². The highest BCUT2D eigenvalue weighted by Crippen LogP contribution is 2.31. The Kier molecular flexibility index (Phi) is 4.17. The minimum absolute atomic E-state index is 0.235. The fraction of sp³-hybridized carbons (Fsp3) is 0.0909. The van der Waals surface area contributed by atoms with Crippen molar-refractivity contribution in [3.05, 3.63) is 78.4 Å². The summed E-state index contributed by atoms with van der Waals surface area (Å²) in [5.74, 6) is -0.579. The lowest BCUT2D eigenvalue weighted by Gasteiger charge is -2.21. The maximum absolute atomic E-state index is 11.9. The number of H-pyrrole nitrogens is 1. The highest BCUT2D eigenvalue weighted by atomic mass is 16.1. The third-order valence-corrected chi connectivity index (χ3v) is 5.10. The van der Waals surface area contributed by atoms with Gasteiger partial charge >= 0.3 is 0 Å². The number of carbonyl (C=O) groups excluding carboxylic acids is 1. The molecule has 0 aliphatic rings. The molecule has 3 N–H and O–H groups in total. The molecule has 0 fully saturated rings. The number of nitrogens with one attached hydrogen (secondary N) is 1. The average Bonchev–Trinajstić information content (AvgIpc) is 3.38. The van der Waals surface area contributed by atoms with E-state index in [1.54, 1.807) is 6.20 Å². The van der Waals surface area contributed by atoms with E-state index in [0.717, 1.165) is 27.8 Å². The van der Waals surface area contributed by atoms with Crippen LogP contribution in [0.5, 0.6) is 0 Å². The molecule has 30 heavy (non-hydrogen) atoms. The van der Waals surface area contributed by atoms with Crippen molar-refractivity contribution in [3.63, 3.8) is 0 Å². The summed E-state index contributed by atoms with van der Waals surface area (Å²) in [6.07, 6.45) is 5.07. The molecule has 0 saturated heterocycles. The minimum Gasteiger partial charge on any atom is -0.367 e. The van der Waals surface area contributed by atoms with Crippen LogP contribution in [0, 0.1) is 0 Å². The first-order valence-electron chi connectivity index (χ1n) is 9.48. The van der Waals surface area contributed by atoms with Gasteiger partial charge in [0.05, 0.1) is 17.6 Å². The van der Waals surface area contributed by atoms with Gasteiger partial charge in [0, 0.05) is 36.9 Å². The van der Waals surface area contributed by atoms with E-state index < -0.39 is 5.91 Å². The highest BCUT2D eigenvalue weighted by Gasteiger charge is 2.19. The number of anilines is 1. The van der Waals surface area contributed by atoms with E-state index in [4.69, 9.17) is 5.73 Å². The Hall–Kier alpha value is -4.20. The van der Waals surface area contributed by atoms with Crippen LogP contribution >= 0.6 is 0 Å². The molecule has 0 saturated carbocycles. The summed E-state index contributed by atoms with van der Waals surface area (Å²) in [6, 6.07) is 16.0. The van der Waals surface area contributed by atoms with E-state index in [-0.39, 0.29) is 5.69 Å². The predicted octanol–water partition coefficient (Wildman–Crippen LogP) is 3.01. The molecule has 8 heteroatoms. The van der Waals surface area contributed by atoms with Gasteiger partial charge in [-0.2, -0.15) is 5.10 Å². The largest absolute Gasteiger partial charge is 0.367 e. The van der Waals surface area contributed by atoms with E-state index in [1.165, 1.54) is 10.7 Å². The first kappa shape index (κ1) is 17.9. The van der Waals surface area contributed by atoms with E-state index in [0.29, 0.717) is 17.9 Å². The van der Waals surface area contributed by atoms with Gasteiger partial charge in [-0.3, -0.25) is 4.79 Å². The van der Waals surface area contributed by atoms with Gasteiger partial charge in [-0.1, -0.05) is 30.3 Å². The maximum Gasteiger partial charge on any atom is 0.269 e. The monoisotopic (exact) mass is 397 g/mol. The van der Waals surface area contributed by atoms with E-state index in [1.807, 2.05) is 49.6 Å². The zero-order chi connectivity index (χ0) is 20.7. The standard InChI is InChI=1S/C22H19N7O/c1-28(13-14-6-3-2-4-7-14)18-10-17(16-11-25-21-15(16)8-5-9-24-21)27-29-19(20(23)30)12-26-22(18)29/h2-12H,13H2,1H3,(H2,23,30)(H,24,25). The zero-order valence-electron chi connectivity index (χ0n) is 16.3. The van der Waals surface area contributed by atoms with Crippen LogP contribution in [0.2, 0.25) is 0 Å². The van der Waals surface area contributed by atoms with Crippen LogP contribution in [0.3, 0.4) is 0 Å². The van der Waals surface area contributed by atoms with Crippen molar-refractivity contribution in [2.45, 2.75) is 6.54 Å². The number of pyridine rings is 1. The van der Waals surface area contributed by atoms with Crippen molar-refractivity contribution < 1.29 is 4.79 Å². The number of nitrogens with two attached hydrogens (primary N) is 1. The molecule has 0 aliphatic heterocycles. The molecular formula is C22H19N7O. The number of carbonyl (C=O) groups is 1. The van der Waals surface area contributed by atoms with Crippen LogP contribution in [0.4, 0.5) is 5.69 Å². The molecule has 0 aliphatic carbocycles. The van der Waals surface area contributed by atoms with Crippen LogP contribution in [0.15, 0.2) is 67.1 Å². The number of fused-ring (bicyclic) bond motifs is 2. The van der Waals surface area contributed by atoms with E-state index >= 15 is 0 Å². The van der Waals surface area contributed by atoms with E-state index in [9.17, 15) is 4.79 Å². The fourth-order valence-corrected chi connectivity index (χ4v) is 3.64. The number of benzene rings is 1. The molecule has 4 heterocycles. The Balaban J connectivity index is 1.70. The first-order chi connectivity index (χ1) is 14.6. The molecule has 8 nitrogen and oxygen atoms in total. The van der Waals surface area contributed by atoms with Crippen LogP contribution in [0.1, 0.15) is 16.1 Å². The van der Waals surface area contributed by atoms with Crippen LogP contribution in [0.25, 0.3) is 27.9 Å². The molecule has 1 amide bonds. The summed E-state index contributed by atoms with van der Waals surface area (Å²) in [5.41, 5.74) is 10.7. The molecule has 0 atom stereocenters. The van der Waals surface area contributed by atoms with Crippen molar-refractivity contribution in [1.29, 1.82) is 0 Å². The number of imidazole rings is 1. The normalized spacial score (nSPS) is 11.2. The molecule has 0 spiro atoms. The van der Waals surface area contributed by atoms with Crippen LogP contribution in [-0.2, 0) is 6.54 Å². The number of rotatable bonds is 5. The topological polar surface area (TPSA) is 105 Å². The van der Waals surface area contributed by atoms with Gasteiger partial charge < -0.3 is 15.6 Å². The van der Waals surface area contributed by atoms with Crippen molar-refractivity contribution >= 4 is 28.3 Å². The first-order valence-corrected chi connectivity index (χ1v) is 9.48. The quantitative estimate of drug-likeness (QED) is 0.474. The predicted molar refractivity (Wildman–Crippen MR) is 115 cm³/mol. The molecule has 148 valence electrons. The van der Waals surface area contributed by atoms with Gasteiger partial charge in [0.1, 0.15) is 11.3 Å². The highest BCUT2D eigenvalue weighted by molar-refractivity contribution is 5.95. The molecule has 0 unspecified atom stereocenters. The van der Waals surface area contributed by atoms with Crippen molar-refractivity contribution in [2.75, 3.05) is 11.9 Å². The Labute approximate surface area is 172 Å². The Morgan fingerprint density at radius 2 is 2.00 bits per heavy atom. The van der Waals surface area contributed by atoms with E-state index in [2.05, 4.69) is 37.1 Å². The lowest BCUT2D eigenvalue weighted by molar-refractivity contribution is 0.0993. The summed E-state index contributed by atoms with van der Waals surface area (Å²) in [7, 11) is 1.99. The number of hydrogen-bond donors (Lipinski definition) is 2. The zero-order valence-corrected chi connectivity index (χ0v) is 16.3. The maximum atomic E-state index is 11.9. The molecule has 0 bridgehead atoms. The second kappa shape index (κ2) is 7.00. The van der Waals surface area contributed by atoms with Gasteiger partial charge in [0.2, 0.25) is 0 Å². The summed E-state index contributed by atoms with van der Waals surface area (Å²) < 4.78 is 1.52. The average molecular weight is 397 g/mol. The molecule has 1 aromatic carbocycles. The minimum atomic E-state index is -0.579. The third kappa shape index (κ3) is 2.95. The van der Waals surface area contributed by atoms with Crippen LogP contribution < -0.4 is 10.6 Å². The molecular weight excluding hydrogens is 378 g/mol.